The van der Waals surface area contributed by atoms with Crippen molar-refractivity contribution in [3.8, 4) is 24.2 Å². The van der Waals surface area contributed by atoms with Crippen molar-refractivity contribution >= 4 is 0 Å². The Morgan fingerprint density at radius 1 is 1.29 bits per heavy atom. The van der Waals surface area contributed by atoms with Gasteiger partial charge in [0.2, 0.25) is 0 Å². The molecule has 0 rings (SSSR count). The van der Waals surface area contributed by atoms with Gasteiger partial charge in [0.1, 0.15) is 0 Å². The zero-order chi connectivity index (χ0) is 11.2. The standard InChI is InChI=1S/C13H21N/c1-7-12(11(2)3)14-10-8-9-13(4,5)6/h1,11-12,14H,10H2,2-6H3. The van der Waals surface area contributed by atoms with Gasteiger partial charge in [0.05, 0.1) is 12.6 Å². The van der Waals surface area contributed by atoms with Gasteiger partial charge in [-0.25, -0.2) is 0 Å². The maximum absolute atomic E-state index is 5.38. The van der Waals surface area contributed by atoms with Crippen molar-refractivity contribution in [2.24, 2.45) is 11.3 Å². The van der Waals surface area contributed by atoms with Crippen LogP contribution in [0.5, 0.6) is 0 Å². The molecule has 0 aromatic heterocycles. The summed E-state index contributed by atoms with van der Waals surface area (Å²) in [6.07, 6.45) is 5.38. The van der Waals surface area contributed by atoms with E-state index in [1.54, 1.807) is 0 Å². The van der Waals surface area contributed by atoms with Crippen LogP contribution in [0, 0.1) is 35.5 Å². The molecular formula is C13H21N. The minimum Gasteiger partial charge on any atom is -0.293 e. The molecule has 0 saturated carbocycles. The number of hydrogen-bond acceptors (Lipinski definition) is 1. The molecule has 78 valence electrons. The first kappa shape index (κ1) is 13.1. The van der Waals surface area contributed by atoms with Crippen LogP contribution < -0.4 is 5.32 Å². The van der Waals surface area contributed by atoms with E-state index in [0.717, 1.165) is 0 Å². The molecule has 14 heavy (non-hydrogen) atoms. The lowest BCUT2D eigenvalue weighted by atomic mass is 9.98. The van der Waals surface area contributed by atoms with E-state index in [1.807, 2.05) is 0 Å². The Labute approximate surface area is 88.7 Å². The maximum atomic E-state index is 5.38. The number of rotatable bonds is 3. The second kappa shape index (κ2) is 5.74. The molecule has 1 nitrogen and oxygen atoms in total. The van der Waals surface area contributed by atoms with Crippen LogP contribution in [0.1, 0.15) is 34.6 Å². The van der Waals surface area contributed by atoms with Gasteiger partial charge in [-0.15, -0.1) is 6.42 Å². The second-order valence-corrected chi connectivity index (χ2v) is 4.82. The summed E-state index contributed by atoms with van der Waals surface area (Å²) < 4.78 is 0. The molecule has 0 fully saturated rings. The van der Waals surface area contributed by atoms with Crippen LogP contribution >= 0.6 is 0 Å². The lowest BCUT2D eigenvalue weighted by Crippen LogP contribution is -2.32. The molecule has 0 saturated heterocycles. The Bertz CT molecular complexity index is 252. The van der Waals surface area contributed by atoms with E-state index in [4.69, 9.17) is 6.42 Å². The molecule has 1 N–H and O–H groups in total. The van der Waals surface area contributed by atoms with Crippen LogP contribution in [-0.4, -0.2) is 12.6 Å². The number of terminal acetylenes is 1. The predicted molar refractivity (Wildman–Crippen MR) is 62.7 cm³/mol. The summed E-state index contributed by atoms with van der Waals surface area (Å²) in [4.78, 5) is 0. The Hall–Kier alpha value is -0.920. The predicted octanol–water partition coefficient (Wildman–Crippen LogP) is 2.28. The Kier molecular flexibility index (Phi) is 5.36. The highest BCUT2D eigenvalue weighted by Crippen LogP contribution is 2.09. The average molecular weight is 191 g/mol. The van der Waals surface area contributed by atoms with Gasteiger partial charge in [0, 0.05) is 5.41 Å². The van der Waals surface area contributed by atoms with Crippen molar-refractivity contribution in [1.82, 2.24) is 5.32 Å². The quantitative estimate of drug-likeness (QED) is 0.675. The van der Waals surface area contributed by atoms with E-state index in [2.05, 4.69) is 57.7 Å². The molecule has 0 heterocycles. The third-order valence-corrected chi connectivity index (χ3v) is 1.72. The van der Waals surface area contributed by atoms with Crippen LogP contribution in [0.2, 0.25) is 0 Å². The van der Waals surface area contributed by atoms with Crippen LogP contribution in [0.4, 0.5) is 0 Å². The normalized spacial score (nSPS) is 12.9. The van der Waals surface area contributed by atoms with Crippen molar-refractivity contribution in [2.45, 2.75) is 40.7 Å². The summed E-state index contributed by atoms with van der Waals surface area (Å²) in [5.74, 6) is 9.42. The molecule has 0 aliphatic rings. The van der Waals surface area contributed by atoms with E-state index in [-0.39, 0.29) is 11.5 Å². The van der Waals surface area contributed by atoms with Gasteiger partial charge >= 0.3 is 0 Å². The van der Waals surface area contributed by atoms with Gasteiger partial charge in [-0.1, -0.05) is 31.6 Å². The first-order valence-corrected chi connectivity index (χ1v) is 5.06. The SMILES string of the molecule is C#CC(NCC#CC(C)(C)C)C(C)C. The molecule has 0 aliphatic heterocycles. The van der Waals surface area contributed by atoms with Crippen LogP contribution in [0.3, 0.4) is 0 Å². The topological polar surface area (TPSA) is 12.0 Å². The van der Waals surface area contributed by atoms with Crippen molar-refractivity contribution in [1.29, 1.82) is 0 Å². The van der Waals surface area contributed by atoms with Crippen molar-refractivity contribution in [2.75, 3.05) is 6.54 Å². The molecule has 0 amide bonds. The molecular weight excluding hydrogens is 170 g/mol. The molecule has 0 aromatic carbocycles. The van der Waals surface area contributed by atoms with Crippen molar-refractivity contribution in [3.63, 3.8) is 0 Å². The molecule has 1 heteroatoms. The number of hydrogen-bond donors (Lipinski definition) is 1. The van der Waals surface area contributed by atoms with Gasteiger partial charge in [0.15, 0.2) is 0 Å². The average Bonchev–Trinajstić information content (AvgIpc) is 2.01. The Balaban J connectivity index is 3.94. The fourth-order valence-electron chi connectivity index (χ4n) is 0.957. The van der Waals surface area contributed by atoms with Gasteiger partial charge in [-0.3, -0.25) is 5.32 Å². The molecule has 1 atom stereocenters. The van der Waals surface area contributed by atoms with E-state index in [9.17, 15) is 0 Å². The highest BCUT2D eigenvalue weighted by atomic mass is 14.9. The summed E-state index contributed by atoms with van der Waals surface area (Å²) in [7, 11) is 0. The molecule has 0 aliphatic carbocycles. The first-order valence-electron chi connectivity index (χ1n) is 5.06. The Morgan fingerprint density at radius 3 is 2.21 bits per heavy atom. The zero-order valence-electron chi connectivity index (χ0n) is 9.94. The van der Waals surface area contributed by atoms with Gasteiger partial charge < -0.3 is 0 Å². The van der Waals surface area contributed by atoms with E-state index in [1.165, 1.54) is 0 Å². The third-order valence-electron chi connectivity index (χ3n) is 1.72. The third kappa shape index (κ3) is 6.58. The van der Waals surface area contributed by atoms with Crippen LogP contribution in [-0.2, 0) is 0 Å². The number of nitrogens with one attached hydrogen (secondary N) is 1. The van der Waals surface area contributed by atoms with Gasteiger partial charge in [-0.2, -0.15) is 0 Å². The monoisotopic (exact) mass is 191 g/mol. The van der Waals surface area contributed by atoms with E-state index in [0.29, 0.717) is 12.5 Å². The molecule has 0 radical (unpaired) electrons. The van der Waals surface area contributed by atoms with Crippen molar-refractivity contribution in [3.05, 3.63) is 0 Å². The fraction of sp³-hybridized carbons (Fsp3) is 0.692. The van der Waals surface area contributed by atoms with Gasteiger partial charge in [-0.05, 0) is 26.7 Å². The Morgan fingerprint density at radius 2 is 1.86 bits per heavy atom. The minimum absolute atomic E-state index is 0.0746. The fourth-order valence-corrected chi connectivity index (χ4v) is 0.957. The lowest BCUT2D eigenvalue weighted by Gasteiger charge is -2.14. The smallest absolute Gasteiger partial charge is 0.0717 e. The van der Waals surface area contributed by atoms with Crippen molar-refractivity contribution < 1.29 is 0 Å². The van der Waals surface area contributed by atoms with Crippen LogP contribution in [0.15, 0.2) is 0 Å². The summed E-state index contributed by atoms with van der Waals surface area (Å²) in [6, 6.07) is 0.129. The summed E-state index contributed by atoms with van der Waals surface area (Å²) >= 11 is 0. The molecule has 1 unspecified atom stereocenters. The maximum Gasteiger partial charge on any atom is 0.0717 e. The minimum atomic E-state index is 0.0746. The highest BCUT2D eigenvalue weighted by Gasteiger charge is 2.07. The van der Waals surface area contributed by atoms with E-state index < -0.39 is 0 Å². The lowest BCUT2D eigenvalue weighted by molar-refractivity contribution is 0.499. The molecule has 0 bridgehead atoms. The van der Waals surface area contributed by atoms with Crippen LogP contribution in [0.25, 0.3) is 0 Å². The summed E-state index contributed by atoms with van der Waals surface area (Å²) in [5, 5.41) is 3.23. The summed E-state index contributed by atoms with van der Waals surface area (Å²) in [6.45, 7) is 11.2. The molecule has 0 aromatic rings. The second-order valence-electron chi connectivity index (χ2n) is 4.82. The van der Waals surface area contributed by atoms with Gasteiger partial charge in [0.25, 0.3) is 0 Å². The highest BCUT2D eigenvalue weighted by molar-refractivity contribution is 5.10. The summed E-state index contributed by atoms with van der Waals surface area (Å²) in [5.41, 5.74) is 0.0746. The largest absolute Gasteiger partial charge is 0.293 e. The zero-order valence-corrected chi connectivity index (χ0v) is 9.94. The first-order chi connectivity index (χ1) is 6.37. The molecule has 0 spiro atoms. The van der Waals surface area contributed by atoms with E-state index >= 15 is 0 Å².